The predicted molar refractivity (Wildman–Crippen MR) is 77.3 cm³/mol. The van der Waals surface area contributed by atoms with Crippen LogP contribution in [0.25, 0.3) is 10.6 Å². The van der Waals surface area contributed by atoms with Gasteiger partial charge >= 0.3 is 5.97 Å². The van der Waals surface area contributed by atoms with Crippen molar-refractivity contribution in [1.82, 2.24) is 10.2 Å². The first-order valence-electron chi connectivity index (χ1n) is 5.86. The number of thioether (sulfide) groups is 1. The highest BCUT2D eigenvalue weighted by Gasteiger charge is 2.19. The highest BCUT2D eigenvalue weighted by atomic mass is 32.2. The molecule has 2 rings (SSSR count). The fraction of sp³-hybridized carbons (Fsp3) is 0.308. The quantitative estimate of drug-likeness (QED) is 0.626. The minimum absolute atomic E-state index is 0.225. The van der Waals surface area contributed by atoms with Crippen LogP contribution in [0.5, 0.6) is 0 Å². The molecule has 0 amide bonds. The Morgan fingerprint density at radius 3 is 2.79 bits per heavy atom. The Hall–Kier alpha value is -1.40. The normalized spacial score (nSPS) is 12.1. The van der Waals surface area contributed by atoms with Gasteiger partial charge in [-0.25, -0.2) is 0 Å². The van der Waals surface area contributed by atoms with Crippen LogP contribution in [0.3, 0.4) is 0 Å². The molecule has 6 heteroatoms. The molecule has 2 aromatic rings. The summed E-state index contributed by atoms with van der Waals surface area (Å²) in [7, 11) is 1.40. The zero-order chi connectivity index (χ0) is 13.7. The SMILES string of the molecule is CCC(Sc1ccc(-c2cccs2)nn1)C(=O)OC. The molecule has 0 spiro atoms. The lowest BCUT2D eigenvalue weighted by atomic mass is 10.3. The number of hydrogen-bond acceptors (Lipinski definition) is 6. The molecule has 2 heterocycles. The predicted octanol–water partition coefficient (Wildman–Crippen LogP) is 3.25. The van der Waals surface area contributed by atoms with Crippen molar-refractivity contribution < 1.29 is 9.53 Å². The molecule has 2 aromatic heterocycles. The Morgan fingerprint density at radius 2 is 2.26 bits per heavy atom. The third kappa shape index (κ3) is 3.54. The molecule has 0 aromatic carbocycles. The van der Waals surface area contributed by atoms with Crippen molar-refractivity contribution in [3.63, 3.8) is 0 Å². The van der Waals surface area contributed by atoms with E-state index in [1.165, 1.54) is 18.9 Å². The van der Waals surface area contributed by atoms with Crippen molar-refractivity contribution in [3.05, 3.63) is 29.6 Å². The van der Waals surface area contributed by atoms with E-state index in [2.05, 4.69) is 10.2 Å². The molecule has 4 nitrogen and oxygen atoms in total. The lowest BCUT2D eigenvalue weighted by Gasteiger charge is -2.10. The number of carbonyl (C=O) groups excluding carboxylic acids is 1. The number of thiophene rings is 1. The summed E-state index contributed by atoms with van der Waals surface area (Å²) >= 11 is 3.01. The van der Waals surface area contributed by atoms with Gasteiger partial charge in [-0.15, -0.1) is 21.5 Å². The van der Waals surface area contributed by atoms with Crippen LogP contribution in [0.1, 0.15) is 13.3 Å². The minimum Gasteiger partial charge on any atom is -0.468 e. The van der Waals surface area contributed by atoms with Crippen molar-refractivity contribution in [3.8, 4) is 10.6 Å². The van der Waals surface area contributed by atoms with E-state index in [1.54, 1.807) is 11.3 Å². The average molecular weight is 294 g/mol. The molecule has 19 heavy (non-hydrogen) atoms. The molecule has 0 saturated carbocycles. The van der Waals surface area contributed by atoms with Crippen LogP contribution in [-0.2, 0) is 9.53 Å². The first kappa shape index (κ1) is 14.0. The van der Waals surface area contributed by atoms with E-state index in [9.17, 15) is 4.79 Å². The summed E-state index contributed by atoms with van der Waals surface area (Å²) in [5.74, 6) is -0.225. The first-order valence-corrected chi connectivity index (χ1v) is 7.62. The van der Waals surface area contributed by atoms with Crippen molar-refractivity contribution in [1.29, 1.82) is 0 Å². The van der Waals surface area contributed by atoms with Crippen molar-refractivity contribution >= 4 is 29.1 Å². The number of aromatic nitrogens is 2. The molecule has 0 fully saturated rings. The molecule has 0 N–H and O–H groups in total. The van der Waals surface area contributed by atoms with E-state index in [0.717, 1.165) is 15.6 Å². The molecule has 0 radical (unpaired) electrons. The number of nitrogens with zero attached hydrogens (tertiary/aromatic N) is 2. The zero-order valence-electron chi connectivity index (χ0n) is 10.7. The van der Waals surface area contributed by atoms with E-state index in [4.69, 9.17) is 4.74 Å². The van der Waals surface area contributed by atoms with Crippen LogP contribution in [0.2, 0.25) is 0 Å². The molecular formula is C13H14N2O2S2. The smallest absolute Gasteiger partial charge is 0.319 e. The van der Waals surface area contributed by atoms with Gasteiger partial charge in [-0.2, -0.15) is 0 Å². The molecule has 0 aliphatic rings. The van der Waals surface area contributed by atoms with Crippen LogP contribution in [0, 0.1) is 0 Å². The van der Waals surface area contributed by atoms with E-state index >= 15 is 0 Å². The second-order valence-electron chi connectivity index (χ2n) is 3.77. The molecule has 1 atom stereocenters. The summed E-state index contributed by atoms with van der Waals surface area (Å²) in [6.45, 7) is 1.95. The summed E-state index contributed by atoms with van der Waals surface area (Å²) in [5, 5.41) is 10.8. The Labute approximate surface area is 120 Å². The summed E-state index contributed by atoms with van der Waals surface area (Å²) in [5.41, 5.74) is 0.852. The standard InChI is InChI=1S/C13H14N2O2S2/c1-3-10(13(16)17-2)19-12-7-6-9(14-15-12)11-5-4-8-18-11/h4-8,10H,3H2,1-2H3. The summed E-state index contributed by atoms with van der Waals surface area (Å²) in [4.78, 5) is 12.6. The molecule has 1 unspecified atom stereocenters. The van der Waals surface area contributed by atoms with Gasteiger partial charge in [0, 0.05) is 0 Å². The first-order chi connectivity index (χ1) is 9.24. The number of carbonyl (C=O) groups is 1. The molecule has 0 saturated heterocycles. The van der Waals surface area contributed by atoms with Gasteiger partial charge in [-0.1, -0.05) is 24.8 Å². The van der Waals surface area contributed by atoms with Crippen molar-refractivity contribution in [2.45, 2.75) is 23.6 Å². The molecule has 100 valence electrons. The van der Waals surface area contributed by atoms with Crippen LogP contribution < -0.4 is 0 Å². The Morgan fingerprint density at radius 1 is 1.42 bits per heavy atom. The van der Waals surface area contributed by atoms with E-state index in [0.29, 0.717) is 6.42 Å². The van der Waals surface area contributed by atoms with Crippen LogP contribution >= 0.6 is 23.1 Å². The second kappa shape index (κ2) is 6.68. The van der Waals surface area contributed by atoms with E-state index in [-0.39, 0.29) is 11.2 Å². The van der Waals surface area contributed by atoms with Gasteiger partial charge in [0.2, 0.25) is 0 Å². The number of methoxy groups -OCH3 is 1. The fourth-order valence-electron chi connectivity index (χ4n) is 1.51. The lowest BCUT2D eigenvalue weighted by molar-refractivity contribution is -0.140. The average Bonchev–Trinajstić information content (AvgIpc) is 2.98. The van der Waals surface area contributed by atoms with Gasteiger partial charge in [0.1, 0.15) is 16.0 Å². The Bertz CT molecular complexity index is 526. The number of rotatable bonds is 5. The maximum atomic E-state index is 11.5. The van der Waals surface area contributed by atoms with Gasteiger partial charge in [0.15, 0.2) is 0 Å². The molecule has 0 bridgehead atoms. The van der Waals surface area contributed by atoms with Crippen molar-refractivity contribution in [2.75, 3.05) is 7.11 Å². The monoisotopic (exact) mass is 294 g/mol. The lowest BCUT2D eigenvalue weighted by Crippen LogP contribution is -2.17. The third-order valence-corrected chi connectivity index (χ3v) is 4.67. The van der Waals surface area contributed by atoms with Gasteiger partial charge in [-0.3, -0.25) is 4.79 Å². The largest absolute Gasteiger partial charge is 0.468 e. The van der Waals surface area contributed by atoms with Crippen molar-refractivity contribution in [2.24, 2.45) is 0 Å². The third-order valence-electron chi connectivity index (χ3n) is 2.51. The summed E-state index contributed by atoms with van der Waals surface area (Å²) in [6, 6.07) is 7.79. The number of ether oxygens (including phenoxy) is 1. The maximum Gasteiger partial charge on any atom is 0.319 e. The minimum atomic E-state index is -0.230. The van der Waals surface area contributed by atoms with Gasteiger partial charge in [-0.05, 0) is 30.0 Å². The Balaban J connectivity index is 2.08. The van der Waals surface area contributed by atoms with E-state index in [1.807, 2.05) is 36.6 Å². The topological polar surface area (TPSA) is 52.1 Å². The highest BCUT2D eigenvalue weighted by Crippen LogP contribution is 2.27. The summed E-state index contributed by atoms with van der Waals surface area (Å²) in [6.07, 6.45) is 0.700. The van der Waals surface area contributed by atoms with Crippen LogP contribution in [0.15, 0.2) is 34.7 Å². The van der Waals surface area contributed by atoms with Gasteiger partial charge < -0.3 is 4.74 Å². The van der Waals surface area contributed by atoms with Crippen LogP contribution in [-0.4, -0.2) is 28.5 Å². The van der Waals surface area contributed by atoms with E-state index < -0.39 is 0 Å². The van der Waals surface area contributed by atoms with Gasteiger partial charge in [0.25, 0.3) is 0 Å². The Kier molecular flexibility index (Phi) is 4.93. The van der Waals surface area contributed by atoms with Crippen LogP contribution in [0.4, 0.5) is 0 Å². The molecular weight excluding hydrogens is 280 g/mol. The fourth-order valence-corrected chi connectivity index (χ4v) is 3.09. The highest BCUT2D eigenvalue weighted by molar-refractivity contribution is 8.00. The zero-order valence-corrected chi connectivity index (χ0v) is 12.3. The maximum absolute atomic E-state index is 11.5. The summed E-state index contributed by atoms with van der Waals surface area (Å²) < 4.78 is 4.75. The number of esters is 1. The number of hydrogen-bond donors (Lipinski definition) is 0. The molecule has 0 aliphatic heterocycles. The van der Waals surface area contributed by atoms with Gasteiger partial charge in [0.05, 0.1) is 12.0 Å². The second-order valence-corrected chi connectivity index (χ2v) is 5.94. The molecule has 0 aliphatic carbocycles.